The molecule has 3 N–H and O–H groups in total. The van der Waals surface area contributed by atoms with Gasteiger partial charge in [0.2, 0.25) is 0 Å². The summed E-state index contributed by atoms with van der Waals surface area (Å²) in [5, 5.41) is 9.94. The van der Waals surface area contributed by atoms with E-state index in [1.54, 1.807) is 0 Å². The minimum Gasteiger partial charge on any atom is -0.322 e. The maximum absolute atomic E-state index is 8.99. The van der Waals surface area contributed by atoms with E-state index in [2.05, 4.69) is 13.2 Å². The third-order valence-corrected chi connectivity index (χ3v) is 1.46. The third kappa shape index (κ3) is 0.843. The van der Waals surface area contributed by atoms with Gasteiger partial charge in [0.05, 0.1) is 11.7 Å². The summed E-state index contributed by atoms with van der Waals surface area (Å²) in [6, 6.07) is -0.150. The predicted molar refractivity (Wildman–Crippen MR) is 34.5 cm³/mol. The smallest absolute Gasteiger partial charge is 0.0562 e. The normalized spacial score (nSPS) is 27.8. The van der Waals surface area contributed by atoms with E-state index in [1.165, 1.54) is 0 Å². The van der Waals surface area contributed by atoms with Crippen LogP contribution in [0, 0.1) is 0 Å². The van der Waals surface area contributed by atoms with Gasteiger partial charge in [0, 0.05) is 12.1 Å². The topological polar surface area (TPSA) is 49.5 Å². The van der Waals surface area contributed by atoms with Gasteiger partial charge < -0.3 is 5.73 Å². The monoisotopic (exact) mass is 126 g/mol. The molecule has 3 nitrogen and oxygen atoms in total. The van der Waals surface area contributed by atoms with Crippen LogP contribution in [0.2, 0.25) is 0 Å². The molecular formula is C6H10N2O. The molecular weight excluding hydrogens is 116 g/mol. The molecule has 3 heteroatoms. The minimum absolute atomic E-state index is 0.150. The van der Waals surface area contributed by atoms with Gasteiger partial charge in [-0.1, -0.05) is 13.2 Å². The van der Waals surface area contributed by atoms with Gasteiger partial charge >= 0.3 is 0 Å². The maximum atomic E-state index is 8.99. The van der Waals surface area contributed by atoms with E-state index in [1.807, 2.05) is 0 Å². The first kappa shape index (κ1) is 6.32. The van der Waals surface area contributed by atoms with Crippen LogP contribution in [0.25, 0.3) is 0 Å². The van der Waals surface area contributed by atoms with Crippen LogP contribution < -0.4 is 5.73 Å². The Morgan fingerprint density at radius 2 is 2.22 bits per heavy atom. The second kappa shape index (κ2) is 1.86. The van der Waals surface area contributed by atoms with E-state index >= 15 is 0 Å². The van der Waals surface area contributed by atoms with Crippen molar-refractivity contribution in [2.75, 3.05) is 0 Å². The Kier molecular flexibility index (Phi) is 1.31. The van der Waals surface area contributed by atoms with Crippen molar-refractivity contribution in [2.24, 2.45) is 5.73 Å². The molecule has 0 aromatic carbocycles. The Balaban J connectivity index is 2.77. The number of rotatable bonds is 0. The minimum atomic E-state index is -0.150. The Labute approximate surface area is 54.0 Å². The van der Waals surface area contributed by atoms with Gasteiger partial charge in [-0.15, -0.1) is 0 Å². The predicted octanol–water partition coefficient (Wildman–Crippen LogP) is 0.436. The molecule has 0 saturated carbocycles. The van der Waals surface area contributed by atoms with Crippen LogP contribution in [0.5, 0.6) is 0 Å². The summed E-state index contributed by atoms with van der Waals surface area (Å²) in [6.07, 6.45) is 0.606. The average molecular weight is 126 g/mol. The van der Waals surface area contributed by atoms with Crippen LogP contribution in [0.15, 0.2) is 24.6 Å². The average Bonchev–Trinajstić information content (AvgIpc) is 1.98. The first-order chi connectivity index (χ1) is 4.13. The lowest BCUT2D eigenvalue weighted by Crippen LogP contribution is -2.20. The molecule has 0 aromatic rings. The summed E-state index contributed by atoms with van der Waals surface area (Å²) in [5.74, 6) is 0. The van der Waals surface area contributed by atoms with Gasteiger partial charge in [0.15, 0.2) is 0 Å². The van der Waals surface area contributed by atoms with Crippen LogP contribution in [0.3, 0.4) is 0 Å². The molecule has 1 aliphatic rings. The fourth-order valence-corrected chi connectivity index (χ4v) is 0.818. The van der Waals surface area contributed by atoms with E-state index in [-0.39, 0.29) is 6.04 Å². The van der Waals surface area contributed by atoms with E-state index < -0.39 is 0 Å². The van der Waals surface area contributed by atoms with Crippen LogP contribution >= 0.6 is 0 Å². The molecule has 0 aliphatic carbocycles. The van der Waals surface area contributed by atoms with E-state index in [0.717, 1.165) is 5.06 Å². The molecule has 0 amide bonds. The molecule has 0 aromatic heterocycles. The van der Waals surface area contributed by atoms with Crippen molar-refractivity contribution >= 4 is 0 Å². The third-order valence-electron chi connectivity index (χ3n) is 1.46. The SMILES string of the molecule is C=C1CC(N)C(=C)N1O. The maximum Gasteiger partial charge on any atom is 0.0562 e. The van der Waals surface area contributed by atoms with E-state index in [0.29, 0.717) is 17.8 Å². The summed E-state index contributed by atoms with van der Waals surface area (Å²) in [4.78, 5) is 0. The van der Waals surface area contributed by atoms with Crippen molar-refractivity contribution in [3.05, 3.63) is 24.6 Å². The zero-order valence-electron chi connectivity index (χ0n) is 5.17. The second-order valence-corrected chi connectivity index (χ2v) is 2.18. The fraction of sp³-hybridized carbons (Fsp3) is 0.333. The van der Waals surface area contributed by atoms with Gasteiger partial charge in [-0.2, -0.15) is 0 Å². The van der Waals surface area contributed by atoms with Crippen molar-refractivity contribution in [3.63, 3.8) is 0 Å². The Morgan fingerprint density at radius 1 is 1.67 bits per heavy atom. The lowest BCUT2D eigenvalue weighted by molar-refractivity contribution is -0.00878. The Hall–Kier alpha value is -0.800. The molecule has 1 atom stereocenters. The van der Waals surface area contributed by atoms with Gasteiger partial charge in [-0.05, 0) is 0 Å². The fourth-order valence-electron chi connectivity index (χ4n) is 0.818. The molecule has 9 heavy (non-hydrogen) atoms. The number of hydroxylamine groups is 2. The lowest BCUT2D eigenvalue weighted by Gasteiger charge is -2.10. The van der Waals surface area contributed by atoms with Crippen molar-refractivity contribution in [2.45, 2.75) is 12.5 Å². The summed E-state index contributed by atoms with van der Waals surface area (Å²) in [5.41, 5.74) is 6.64. The standard InChI is InChI=1S/C6H10N2O/c1-4-3-6(7)5(2)8(4)9/h6,9H,1-3,7H2. The molecule has 1 unspecified atom stereocenters. The summed E-state index contributed by atoms with van der Waals surface area (Å²) >= 11 is 0. The summed E-state index contributed by atoms with van der Waals surface area (Å²) in [6.45, 7) is 7.13. The van der Waals surface area contributed by atoms with Crippen molar-refractivity contribution in [1.82, 2.24) is 5.06 Å². The van der Waals surface area contributed by atoms with Gasteiger partial charge in [-0.25, -0.2) is 5.06 Å². The molecule has 1 fully saturated rings. The van der Waals surface area contributed by atoms with Gasteiger partial charge in [-0.3, -0.25) is 5.21 Å². The molecule has 1 heterocycles. The number of hydrogen-bond donors (Lipinski definition) is 2. The number of nitrogens with zero attached hydrogens (tertiary/aromatic N) is 1. The zero-order valence-corrected chi connectivity index (χ0v) is 5.17. The number of hydrogen-bond acceptors (Lipinski definition) is 3. The van der Waals surface area contributed by atoms with Crippen LogP contribution in [0.1, 0.15) is 6.42 Å². The lowest BCUT2D eigenvalue weighted by atomic mass is 10.2. The molecule has 0 bridgehead atoms. The van der Waals surface area contributed by atoms with Crippen LogP contribution in [-0.4, -0.2) is 16.3 Å². The van der Waals surface area contributed by atoms with E-state index in [9.17, 15) is 0 Å². The van der Waals surface area contributed by atoms with Gasteiger partial charge in [0.25, 0.3) is 0 Å². The Morgan fingerprint density at radius 3 is 2.33 bits per heavy atom. The zero-order chi connectivity index (χ0) is 7.02. The molecule has 1 saturated heterocycles. The highest BCUT2D eigenvalue weighted by molar-refractivity contribution is 5.19. The highest BCUT2D eigenvalue weighted by Gasteiger charge is 2.24. The Bertz CT molecular complexity index is 164. The first-order valence-electron chi connectivity index (χ1n) is 2.74. The molecule has 0 radical (unpaired) electrons. The quantitative estimate of drug-likeness (QED) is 0.495. The van der Waals surface area contributed by atoms with Gasteiger partial charge in [0.1, 0.15) is 0 Å². The molecule has 50 valence electrons. The summed E-state index contributed by atoms with van der Waals surface area (Å²) < 4.78 is 0. The van der Waals surface area contributed by atoms with Crippen LogP contribution in [-0.2, 0) is 0 Å². The molecule has 0 spiro atoms. The number of nitrogens with two attached hydrogens (primary N) is 1. The molecule has 1 rings (SSSR count). The highest BCUT2D eigenvalue weighted by Crippen LogP contribution is 2.23. The van der Waals surface area contributed by atoms with E-state index in [4.69, 9.17) is 10.9 Å². The summed E-state index contributed by atoms with van der Waals surface area (Å²) in [7, 11) is 0. The first-order valence-corrected chi connectivity index (χ1v) is 2.74. The largest absolute Gasteiger partial charge is 0.322 e. The van der Waals surface area contributed by atoms with Crippen molar-refractivity contribution in [1.29, 1.82) is 0 Å². The van der Waals surface area contributed by atoms with Crippen LogP contribution in [0.4, 0.5) is 0 Å². The highest BCUT2D eigenvalue weighted by atomic mass is 16.5. The molecule has 1 aliphatic heterocycles. The second-order valence-electron chi connectivity index (χ2n) is 2.18. The van der Waals surface area contributed by atoms with Crippen molar-refractivity contribution in [3.8, 4) is 0 Å². The van der Waals surface area contributed by atoms with Crippen molar-refractivity contribution < 1.29 is 5.21 Å².